The van der Waals surface area contributed by atoms with E-state index in [1.807, 2.05) is 6.92 Å². The van der Waals surface area contributed by atoms with Crippen LogP contribution < -0.4 is 21.7 Å². The molecule has 0 spiro atoms. The summed E-state index contributed by atoms with van der Waals surface area (Å²) < 4.78 is 0. The van der Waals surface area contributed by atoms with Crippen LogP contribution in [-0.4, -0.2) is 54.6 Å². The Bertz CT molecular complexity index is 417. The van der Waals surface area contributed by atoms with E-state index in [9.17, 15) is 19.5 Å². The first-order chi connectivity index (χ1) is 11.9. The van der Waals surface area contributed by atoms with Crippen molar-refractivity contribution in [3.63, 3.8) is 0 Å². The van der Waals surface area contributed by atoms with Crippen molar-refractivity contribution in [1.29, 1.82) is 0 Å². The molecule has 0 bridgehead atoms. The number of aliphatic hydroxyl groups is 1. The largest absolute Gasteiger partial charge is 0.381 e. The summed E-state index contributed by atoms with van der Waals surface area (Å²) in [6.45, 7) is 7.04. The van der Waals surface area contributed by atoms with Crippen LogP contribution in [0.3, 0.4) is 0 Å². The SMILES string of the molecule is CCC.CCCCNC(=O)C(O)C(CC1CCNC1=O)NC(=O)CN. The number of nitrogens with one attached hydrogen (secondary N) is 3. The zero-order chi connectivity index (χ0) is 19.2. The van der Waals surface area contributed by atoms with Gasteiger partial charge in [-0.2, -0.15) is 0 Å². The van der Waals surface area contributed by atoms with E-state index in [1.54, 1.807) is 0 Å². The molecule has 1 aliphatic heterocycles. The average Bonchev–Trinajstić information content (AvgIpc) is 2.99. The van der Waals surface area contributed by atoms with E-state index < -0.39 is 24.0 Å². The van der Waals surface area contributed by atoms with Crippen LogP contribution in [0.2, 0.25) is 0 Å². The van der Waals surface area contributed by atoms with Gasteiger partial charge in [0, 0.05) is 19.0 Å². The molecule has 0 aliphatic carbocycles. The van der Waals surface area contributed by atoms with Crippen molar-refractivity contribution in [2.24, 2.45) is 11.7 Å². The van der Waals surface area contributed by atoms with E-state index >= 15 is 0 Å². The zero-order valence-electron chi connectivity index (χ0n) is 15.6. The van der Waals surface area contributed by atoms with Gasteiger partial charge >= 0.3 is 0 Å². The third-order valence-corrected chi connectivity index (χ3v) is 3.71. The predicted molar refractivity (Wildman–Crippen MR) is 96.6 cm³/mol. The van der Waals surface area contributed by atoms with E-state index in [0.717, 1.165) is 12.8 Å². The number of hydrogen-bond acceptors (Lipinski definition) is 5. The first-order valence-electron chi connectivity index (χ1n) is 9.13. The number of carbonyl (C=O) groups excluding carboxylic acids is 3. The second kappa shape index (κ2) is 13.6. The van der Waals surface area contributed by atoms with Crippen LogP contribution in [0.5, 0.6) is 0 Å². The number of rotatable bonds is 9. The van der Waals surface area contributed by atoms with Crippen molar-refractivity contribution in [3.8, 4) is 0 Å². The molecule has 0 saturated carbocycles. The fourth-order valence-corrected chi connectivity index (χ4v) is 2.38. The van der Waals surface area contributed by atoms with Crippen LogP contribution in [-0.2, 0) is 14.4 Å². The molecule has 0 radical (unpaired) electrons. The van der Waals surface area contributed by atoms with Crippen LogP contribution in [0, 0.1) is 5.92 Å². The Morgan fingerprint density at radius 1 is 1.36 bits per heavy atom. The van der Waals surface area contributed by atoms with Gasteiger partial charge in [0.2, 0.25) is 11.8 Å². The quantitative estimate of drug-likeness (QED) is 0.359. The Hall–Kier alpha value is -1.67. The molecule has 1 rings (SSSR count). The van der Waals surface area contributed by atoms with E-state index in [-0.39, 0.29) is 24.8 Å². The lowest BCUT2D eigenvalue weighted by atomic mass is 9.94. The number of hydrogen-bond donors (Lipinski definition) is 5. The minimum Gasteiger partial charge on any atom is -0.381 e. The van der Waals surface area contributed by atoms with Gasteiger partial charge in [0.05, 0.1) is 12.6 Å². The van der Waals surface area contributed by atoms with Crippen LogP contribution in [0.15, 0.2) is 0 Å². The molecule has 1 saturated heterocycles. The van der Waals surface area contributed by atoms with Crippen molar-refractivity contribution in [2.45, 2.75) is 65.0 Å². The third kappa shape index (κ3) is 9.40. The fourth-order valence-electron chi connectivity index (χ4n) is 2.38. The molecule has 8 heteroatoms. The molecule has 3 atom stereocenters. The first kappa shape index (κ1) is 23.3. The van der Waals surface area contributed by atoms with Crippen LogP contribution in [0.4, 0.5) is 0 Å². The number of unbranched alkanes of at least 4 members (excludes halogenated alkanes) is 1. The van der Waals surface area contributed by atoms with Gasteiger partial charge in [-0.05, 0) is 19.3 Å². The Kier molecular flexibility index (Phi) is 12.7. The molecule has 25 heavy (non-hydrogen) atoms. The molecule has 3 unspecified atom stereocenters. The number of carbonyl (C=O) groups is 3. The van der Waals surface area contributed by atoms with Crippen molar-refractivity contribution in [2.75, 3.05) is 19.6 Å². The lowest BCUT2D eigenvalue weighted by molar-refractivity contribution is -0.133. The highest BCUT2D eigenvalue weighted by molar-refractivity contribution is 5.84. The summed E-state index contributed by atoms with van der Waals surface area (Å²) >= 11 is 0. The molecule has 8 nitrogen and oxygen atoms in total. The van der Waals surface area contributed by atoms with Crippen molar-refractivity contribution in [3.05, 3.63) is 0 Å². The molecule has 3 amide bonds. The fraction of sp³-hybridized carbons (Fsp3) is 0.824. The molecule has 6 N–H and O–H groups in total. The zero-order valence-corrected chi connectivity index (χ0v) is 15.6. The monoisotopic (exact) mass is 358 g/mol. The number of nitrogens with two attached hydrogens (primary N) is 1. The maximum absolute atomic E-state index is 11.9. The molecule has 1 heterocycles. The topological polar surface area (TPSA) is 134 Å². The van der Waals surface area contributed by atoms with E-state index in [2.05, 4.69) is 29.8 Å². The lowest BCUT2D eigenvalue weighted by Crippen LogP contribution is -2.52. The van der Waals surface area contributed by atoms with Gasteiger partial charge in [0.25, 0.3) is 5.91 Å². The number of amides is 3. The van der Waals surface area contributed by atoms with Gasteiger partial charge in [0.1, 0.15) is 0 Å². The summed E-state index contributed by atoms with van der Waals surface area (Å²) in [5.74, 6) is -1.45. The summed E-state index contributed by atoms with van der Waals surface area (Å²) in [7, 11) is 0. The molecule has 0 aromatic heterocycles. The van der Waals surface area contributed by atoms with Crippen LogP contribution in [0.1, 0.15) is 52.9 Å². The average molecular weight is 358 g/mol. The van der Waals surface area contributed by atoms with Gasteiger partial charge in [-0.15, -0.1) is 0 Å². The molecule has 1 fully saturated rings. The third-order valence-electron chi connectivity index (χ3n) is 3.71. The predicted octanol–water partition coefficient (Wildman–Crippen LogP) is -0.350. The Balaban J connectivity index is 0.00000178. The van der Waals surface area contributed by atoms with Crippen molar-refractivity contribution >= 4 is 17.7 Å². The Morgan fingerprint density at radius 2 is 2.00 bits per heavy atom. The van der Waals surface area contributed by atoms with Gasteiger partial charge in [0.15, 0.2) is 6.10 Å². The highest BCUT2D eigenvalue weighted by Crippen LogP contribution is 2.18. The maximum atomic E-state index is 11.9. The van der Waals surface area contributed by atoms with Crippen molar-refractivity contribution < 1.29 is 19.5 Å². The Labute approximate surface area is 150 Å². The second-order valence-electron chi connectivity index (χ2n) is 6.19. The normalized spacial score (nSPS) is 18.4. The molecular formula is C17H34N4O4. The smallest absolute Gasteiger partial charge is 0.250 e. The highest BCUT2D eigenvalue weighted by atomic mass is 16.3. The summed E-state index contributed by atoms with van der Waals surface area (Å²) in [5.41, 5.74) is 5.26. The molecule has 0 aromatic rings. The van der Waals surface area contributed by atoms with Crippen molar-refractivity contribution in [1.82, 2.24) is 16.0 Å². The van der Waals surface area contributed by atoms with E-state index in [4.69, 9.17) is 5.73 Å². The van der Waals surface area contributed by atoms with Gasteiger partial charge < -0.3 is 26.8 Å². The highest BCUT2D eigenvalue weighted by Gasteiger charge is 2.33. The minimum absolute atomic E-state index is 0.120. The second-order valence-corrected chi connectivity index (χ2v) is 6.19. The van der Waals surface area contributed by atoms with Gasteiger partial charge in [-0.1, -0.05) is 33.6 Å². The molecule has 146 valence electrons. The summed E-state index contributed by atoms with van der Waals surface area (Å²) in [6, 6.07) is -0.827. The number of aliphatic hydroxyl groups excluding tert-OH is 1. The first-order valence-corrected chi connectivity index (χ1v) is 9.13. The Morgan fingerprint density at radius 3 is 2.48 bits per heavy atom. The summed E-state index contributed by atoms with van der Waals surface area (Å²) in [6.07, 6.45) is 2.41. The van der Waals surface area contributed by atoms with Crippen LogP contribution >= 0.6 is 0 Å². The standard InChI is InChI=1S/C14H26N4O4.C3H8/c1-2-3-5-16-14(22)12(20)10(18-11(19)8-15)7-9-4-6-17-13(9)21;1-3-2/h9-10,12,20H,2-8,15H2,1H3,(H,16,22)(H,17,21)(H,18,19);3H2,1-2H3. The molecule has 0 aromatic carbocycles. The summed E-state index contributed by atoms with van der Waals surface area (Å²) in [4.78, 5) is 35.1. The van der Waals surface area contributed by atoms with Gasteiger partial charge in [-0.3, -0.25) is 14.4 Å². The lowest BCUT2D eigenvalue weighted by Gasteiger charge is -2.25. The summed E-state index contributed by atoms with van der Waals surface area (Å²) in [5, 5.41) is 18.0. The maximum Gasteiger partial charge on any atom is 0.250 e. The minimum atomic E-state index is -1.40. The van der Waals surface area contributed by atoms with Gasteiger partial charge in [-0.25, -0.2) is 0 Å². The molecular weight excluding hydrogens is 324 g/mol. The van der Waals surface area contributed by atoms with E-state index in [1.165, 1.54) is 6.42 Å². The van der Waals surface area contributed by atoms with E-state index in [0.29, 0.717) is 19.5 Å². The molecule has 1 aliphatic rings. The van der Waals surface area contributed by atoms with Crippen LogP contribution in [0.25, 0.3) is 0 Å².